The summed E-state index contributed by atoms with van der Waals surface area (Å²) in [6.07, 6.45) is 5.07. The molecule has 1 unspecified atom stereocenters. The zero-order valence-electron chi connectivity index (χ0n) is 11.7. The first kappa shape index (κ1) is 14.3. The third kappa shape index (κ3) is 3.33. The second-order valence-electron chi connectivity index (χ2n) is 5.42. The quantitative estimate of drug-likeness (QED) is 0.639. The molecule has 6 heteroatoms. The largest absolute Gasteiger partial charge is 0.433 e. The normalized spacial score (nSPS) is 17.1. The van der Waals surface area contributed by atoms with Gasteiger partial charge in [0, 0.05) is 10.9 Å². The van der Waals surface area contributed by atoms with Gasteiger partial charge in [0.2, 0.25) is 0 Å². The Morgan fingerprint density at radius 3 is 2.81 bits per heavy atom. The summed E-state index contributed by atoms with van der Waals surface area (Å²) in [5.74, 6) is 1.06. The topological polar surface area (TPSA) is 68.3 Å². The van der Waals surface area contributed by atoms with Gasteiger partial charge in [-0.2, -0.15) is 0 Å². The zero-order chi connectivity index (χ0) is 14.7. The van der Waals surface area contributed by atoms with Crippen molar-refractivity contribution in [2.75, 3.05) is 0 Å². The average molecular weight is 306 g/mol. The summed E-state index contributed by atoms with van der Waals surface area (Å²) in [5.41, 5.74) is 0. The lowest BCUT2D eigenvalue weighted by molar-refractivity contribution is -0.402. The van der Waals surface area contributed by atoms with Gasteiger partial charge in [-0.05, 0) is 36.3 Å². The predicted molar refractivity (Wildman–Crippen MR) is 81.2 cm³/mol. The zero-order valence-corrected chi connectivity index (χ0v) is 12.5. The van der Waals surface area contributed by atoms with E-state index >= 15 is 0 Å². The molecule has 1 saturated carbocycles. The SMILES string of the molecule is O=[N+]([O-])c1ccc(CNC(c2cccs2)C2CCCC2)o1. The summed E-state index contributed by atoms with van der Waals surface area (Å²) >= 11 is 1.76. The fourth-order valence-electron chi connectivity index (χ4n) is 3.03. The summed E-state index contributed by atoms with van der Waals surface area (Å²) in [6.45, 7) is 0.521. The number of nitrogens with one attached hydrogen (secondary N) is 1. The summed E-state index contributed by atoms with van der Waals surface area (Å²) in [5, 5.41) is 16.3. The van der Waals surface area contributed by atoms with E-state index in [0.29, 0.717) is 24.3 Å². The van der Waals surface area contributed by atoms with Crippen molar-refractivity contribution in [2.24, 2.45) is 5.92 Å². The van der Waals surface area contributed by atoms with Crippen LogP contribution in [0.2, 0.25) is 0 Å². The first-order valence-electron chi connectivity index (χ1n) is 7.24. The number of furan rings is 1. The number of hydrogen-bond donors (Lipinski definition) is 1. The van der Waals surface area contributed by atoms with Crippen LogP contribution in [0.25, 0.3) is 0 Å². The maximum atomic E-state index is 10.6. The second-order valence-corrected chi connectivity index (χ2v) is 6.39. The molecule has 0 saturated heterocycles. The van der Waals surface area contributed by atoms with Crippen LogP contribution in [0, 0.1) is 16.0 Å². The van der Waals surface area contributed by atoms with Crippen molar-refractivity contribution < 1.29 is 9.34 Å². The molecule has 2 aromatic heterocycles. The van der Waals surface area contributed by atoms with Crippen molar-refractivity contribution in [2.45, 2.75) is 38.3 Å². The van der Waals surface area contributed by atoms with Crippen LogP contribution in [-0.2, 0) is 6.54 Å². The van der Waals surface area contributed by atoms with E-state index in [1.165, 1.54) is 36.6 Å². The molecule has 1 N–H and O–H groups in total. The highest BCUT2D eigenvalue weighted by Crippen LogP contribution is 2.37. The van der Waals surface area contributed by atoms with Gasteiger partial charge in [0.15, 0.2) is 0 Å². The van der Waals surface area contributed by atoms with Crippen LogP contribution < -0.4 is 5.32 Å². The highest BCUT2D eigenvalue weighted by Gasteiger charge is 2.27. The molecule has 0 radical (unpaired) electrons. The molecule has 2 aromatic rings. The molecule has 112 valence electrons. The predicted octanol–water partition coefficient (Wildman–Crippen LogP) is 4.27. The van der Waals surface area contributed by atoms with E-state index in [0.717, 1.165) is 0 Å². The van der Waals surface area contributed by atoms with Crippen LogP contribution in [-0.4, -0.2) is 4.92 Å². The Balaban J connectivity index is 1.68. The van der Waals surface area contributed by atoms with Crippen LogP contribution in [0.4, 0.5) is 5.88 Å². The van der Waals surface area contributed by atoms with Gasteiger partial charge >= 0.3 is 5.88 Å². The van der Waals surface area contributed by atoms with Gasteiger partial charge in [-0.1, -0.05) is 18.9 Å². The second kappa shape index (κ2) is 6.41. The number of nitrogens with zero attached hydrogens (tertiary/aromatic N) is 1. The van der Waals surface area contributed by atoms with Gasteiger partial charge < -0.3 is 9.73 Å². The lowest BCUT2D eigenvalue weighted by atomic mass is 9.96. The molecule has 0 spiro atoms. The third-order valence-corrected chi connectivity index (χ3v) is 5.00. The molecule has 5 nitrogen and oxygen atoms in total. The van der Waals surface area contributed by atoms with Crippen molar-refractivity contribution in [3.8, 4) is 0 Å². The van der Waals surface area contributed by atoms with Gasteiger partial charge in [0.05, 0.1) is 12.6 Å². The van der Waals surface area contributed by atoms with E-state index in [4.69, 9.17) is 4.42 Å². The first-order valence-corrected chi connectivity index (χ1v) is 8.12. The van der Waals surface area contributed by atoms with E-state index in [1.54, 1.807) is 17.4 Å². The van der Waals surface area contributed by atoms with E-state index in [9.17, 15) is 10.1 Å². The Kier molecular flexibility index (Phi) is 4.36. The lowest BCUT2D eigenvalue weighted by Gasteiger charge is -2.23. The monoisotopic (exact) mass is 306 g/mol. The molecule has 21 heavy (non-hydrogen) atoms. The average Bonchev–Trinajstić information content (AvgIpc) is 3.22. The number of rotatable bonds is 6. The lowest BCUT2D eigenvalue weighted by Crippen LogP contribution is -2.25. The fraction of sp³-hybridized carbons (Fsp3) is 0.467. The Labute approximate surface area is 127 Å². The van der Waals surface area contributed by atoms with Gasteiger partial charge in [0.1, 0.15) is 10.7 Å². The Bertz CT molecular complexity index is 588. The van der Waals surface area contributed by atoms with Gasteiger partial charge in [-0.25, -0.2) is 0 Å². The molecule has 0 aromatic carbocycles. The molecule has 3 rings (SSSR count). The molecular formula is C15H18N2O3S. The molecule has 1 atom stereocenters. The molecule has 0 amide bonds. The highest BCUT2D eigenvalue weighted by atomic mass is 32.1. The van der Waals surface area contributed by atoms with E-state index < -0.39 is 4.92 Å². The van der Waals surface area contributed by atoms with Crippen molar-refractivity contribution >= 4 is 17.2 Å². The molecule has 0 aliphatic heterocycles. The Morgan fingerprint density at radius 2 is 2.19 bits per heavy atom. The maximum absolute atomic E-state index is 10.6. The van der Waals surface area contributed by atoms with Gasteiger partial charge in [-0.3, -0.25) is 10.1 Å². The van der Waals surface area contributed by atoms with Crippen molar-refractivity contribution in [3.05, 3.63) is 50.4 Å². The molecule has 0 bridgehead atoms. The summed E-state index contributed by atoms with van der Waals surface area (Å²) in [6, 6.07) is 7.63. The van der Waals surface area contributed by atoms with Crippen molar-refractivity contribution in [1.29, 1.82) is 0 Å². The highest BCUT2D eigenvalue weighted by molar-refractivity contribution is 7.10. The standard InChI is InChI=1S/C15H18N2O3S/c18-17(19)14-8-7-12(20-14)10-16-15(11-4-1-2-5-11)13-6-3-9-21-13/h3,6-9,11,15-16H,1-2,4-5,10H2. The molecule has 2 heterocycles. The summed E-state index contributed by atoms with van der Waals surface area (Å²) in [4.78, 5) is 11.5. The smallest absolute Gasteiger partial charge is 0.404 e. The van der Waals surface area contributed by atoms with Crippen molar-refractivity contribution in [1.82, 2.24) is 5.32 Å². The Hall–Kier alpha value is -1.66. The minimum absolute atomic E-state index is 0.194. The number of thiophene rings is 1. The van der Waals surface area contributed by atoms with Crippen LogP contribution in [0.3, 0.4) is 0 Å². The summed E-state index contributed by atoms with van der Waals surface area (Å²) < 4.78 is 5.22. The van der Waals surface area contributed by atoms with E-state index in [2.05, 4.69) is 22.8 Å². The summed E-state index contributed by atoms with van der Waals surface area (Å²) in [7, 11) is 0. The van der Waals surface area contributed by atoms with Crippen molar-refractivity contribution in [3.63, 3.8) is 0 Å². The molecule has 1 aliphatic rings. The van der Waals surface area contributed by atoms with Crippen LogP contribution >= 0.6 is 11.3 Å². The molecule has 1 fully saturated rings. The minimum atomic E-state index is -0.503. The molecule has 1 aliphatic carbocycles. The van der Waals surface area contributed by atoms with Gasteiger partial charge in [-0.15, -0.1) is 11.3 Å². The van der Waals surface area contributed by atoms with E-state index in [1.807, 2.05) is 0 Å². The maximum Gasteiger partial charge on any atom is 0.433 e. The van der Waals surface area contributed by atoms with Gasteiger partial charge in [0.25, 0.3) is 0 Å². The van der Waals surface area contributed by atoms with Crippen LogP contribution in [0.15, 0.2) is 34.1 Å². The number of hydrogen-bond acceptors (Lipinski definition) is 5. The first-order chi connectivity index (χ1) is 10.2. The fourth-order valence-corrected chi connectivity index (χ4v) is 3.92. The van der Waals surface area contributed by atoms with E-state index in [-0.39, 0.29) is 5.88 Å². The number of nitro groups is 1. The Morgan fingerprint density at radius 1 is 1.38 bits per heavy atom. The van der Waals surface area contributed by atoms with Crippen LogP contribution in [0.5, 0.6) is 0 Å². The van der Waals surface area contributed by atoms with Crippen LogP contribution in [0.1, 0.15) is 42.4 Å². The molecular weight excluding hydrogens is 288 g/mol. The minimum Gasteiger partial charge on any atom is -0.404 e. The third-order valence-electron chi connectivity index (χ3n) is 4.04.